The minimum absolute atomic E-state index is 0.0351. The van der Waals surface area contributed by atoms with Gasteiger partial charge in [0.15, 0.2) is 0 Å². The summed E-state index contributed by atoms with van der Waals surface area (Å²) in [7, 11) is 0. The van der Waals surface area contributed by atoms with Crippen molar-refractivity contribution < 1.29 is 9.59 Å². The molecule has 138 valence electrons. The molecule has 1 aromatic carbocycles. The number of aryl methyl sites for hydroxylation is 1. The zero-order valence-corrected chi connectivity index (χ0v) is 17.3. The predicted molar refractivity (Wildman–Crippen MR) is 109 cm³/mol. The van der Waals surface area contributed by atoms with Gasteiger partial charge in [-0.3, -0.25) is 9.59 Å². The van der Waals surface area contributed by atoms with Gasteiger partial charge < -0.3 is 10.6 Å². The quantitative estimate of drug-likeness (QED) is 0.673. The lowest BCUT2D eigenvalue weighted by Crippen LogP contribution is -2.46. The van der Waals surface area contributed by atoms with Crippen LogP contribution in [0.25, 0.3) is 0 Å². The van der Waals surface area contributed by atoms with Crippen molar-refractivity contribution in [3.05, 3.63) is 28.2 Å². The fourth-order valence-corrected chi connectivity index (χ4v) is 3.83. The minimum Gasteiger partial charge on any atom is -0.344 e. The largest absolute Gasteiger partial charge is 0.344 e. The van der Waals surface area contributed by atoms with Crippen molar-refractivity contribution in [1.82, 2.24) is 5.32 Å². The van der Waals surface area contributed by atoms with Crippen LogP contribution >= 0.6 is 27.7 Å². The Balaban J connectivity index is 2.00. The molecular formula is C19H27BrN2O2S. The maximum absolute atomic E-state index is 12.7. The van der Waals surface area contributed by atoms with E-state index in [4.69, 9.17) is 0 Å². The van der Waals surface area contributed by atoms with Gasteiger partial charge in [0.25, 0.3) is 0 Å². The SMILES string of the molecule is CSCC[C@@H](NC(=O)C1CCCCC1)C(=O)Nc1ccc(Br)c(C)c1. The second-order valence-corrected chi connectivity index (χ2v) is 8.47. The van der Waals surface area contributed by atoms with Gasteiger partial charge in [-0.25, -0.2) is 0 Å². The first-order chi connectivity index (χ1) is 12.0. The van der Waals surface area contributed by atoms with Crippen LogP contribution in [0.3, 0.4) is 0 Å². The number of amides is 2. The molecule has 1 fully saturated rings. The van der Waals surface area contributed by atoms with E-state index in [9.17, 15) is 9.59 Å². The van der Waals surface area contributed by atoms with Gasteiger partial charge in [0.1, 0.15) is 6.04 Å². The van der Waals surface area contributed by atoms with Gasteiger partial charge in [0, 0.05) is 16.1 Å². The Labute approximate surface area is 163 Å². The average Bonchev–Trinajstić information content (AvgIpc) is 2.62. The molecule has 6 heteroatoms. The van der Waals surface area contributed by atoms with Crippen LogP contribution in [0.5, 0.6) is 0 Å². The number of benzene rings is 1. The molecule has 1 saturated carbocycles. The third kappa shape index (κ3) is 6.33. The molecule has 2 N–H and O–H groups in total. The van der Waals surface area contributed by atoms with E-state index in [1.165, 1.54) is 6.42 Å². The zero-order chi connectivity index (χ0) is 18.2. The second kappa shape index (κ2) is 10.2. The Kier molecular flexibility index (Phi) is 8.30. The summed E-state index contributed by atoms with van der Waals surface area (Å²) < 4.78 is 1.01. The van der Waals surface area contributed by atoms with Gasteiger partial charge in [-0.05, 0) is 62.0 Å². The lowest BCUT2D eigenvalue weighted by Gasteiger charge is -2.24. The zero-order valence-electron chi connectivity index (χ0n) is 14.9. The van der Waals surface area contributed by atoms with E-state index in [1.54, 1.807) is 11.8 Å². The monoisotopic (exact) mass is 426 g/mol. The topological polar surface area (TPSA) is 58.2 Å². The fraction of sp³-hybridized carbons (Fsp3) is 0.579. The lowest BCUT2D eigenvalue weighted by atomic mass is 9.88. The summed E-state index contributed by atoms with van der Waals surface area (Å²) in [6.45, 7) is 1.98. The minimum atomic E-state index is -0.481. The van der Waals surface area contributed by atoms with Crippen LogP contribution in [0.2, 0.25) is 0 Å². The molecule has 0 radical (unpaired) electrons. The Morgan fingerprint density at radius 3 is 2.64 bits per heavy atom. The number of nitrogens with one attached hydrogen (secondary N) is 2. The number of thioether (sulfide) groups is 1. The molecule has 1 aliphatic rings. The highest BCUT2D eigenvalue weighted by Gasteiger charge is 2.26. The third-order valence-corrected chi connectivity index (χ3v) is 6.18. The highest BCUT2D eigenvalue weighted by molar-refractivity contribution is 9.10. The molecule has 25 heavy (non-hydrogen) atoms. The second-order valence-electron chi connectivity index (χ2n) is 6.63. The summed E-state index contributed by atoms with van der Waals surface area (Å²) in [5, 5.41) is 5.94. The summed E-state index contributed by atoms with van der Waals surface area (Å²) in [5.74, 6) is 0.795. The normalized spacial score (nSPS) is 16.3. The fourth-order valence-electron chi connectivity index (χ4n) is 3.11. The maximum atomic E-state index is 12.7. The standard InChI is InChI=1S/C19H27BrN2O2S/c1-13-12-15(8-9-16(13)20)21-19(24)17(10-11-25-2)22-18(23)14-6-4-3-5-7-14/h8-9,12,14,17H,3-7,10-11H2,1-2H3,(H,21,24)(H,22,23)/t17-/m1/s1. The predicted octanol–water partition coefficient (Wildman–Crippen LogP) is 4.51. The van der Waals surface area contributed by atoms with Crippen LogP contribution < -0.4 is 10.6 Å². The van der Waals surface area contributed by atoms with Crippen LogP contribution in [-0.4, -0.2) is 29.9 Å². The molecule has 0 aromatic heterocycles. The van der Waals surface area contributed by atoms with Crippen molar-refractivity contribution in [2.24, 2.45) is 5.92 Å². The van der Waals surface area contributed by atoms with E-state index < -0.39 is 6.04 Å². The average molecular weight is 427 g/mol. The van der Waals surface area contributed by atoms with Crippen molar-refractivity contribution in [2.45, 2.75) is 51.5 Å². The van der Waals surface area contributed by atoms with Crippen molar-refractivity contribution >= 4 is 45.2 Å². The van der Waals surface area contributed by atoms with Crippen LogP contribution in [0.15, 0.2) is 22.7 Å². The highest BCUT2D eigenvalue weighted by Crippen LogP contribution is 2.24. The molecule has 0 saturated heterocycles. The van der Waals surface area contributed by atoms with Crippen molar-refractivity contribution in [3.63, 3.8) is 0 Å². The first-order valence-corrected chi connectivity index (χ1v) is 11.1. The molecule has 0 aliphatic heterocycles. The Hall–Kier alpha value is -1.01. The molecule has 0 heterocycles. The van der Waals surface area contributed by atoms with E-state index in [0.717, 1.165) is 47.2 Å². The Morgan fingerprint density at radius 2 is 2.00 bits per heavy atom. The smallest absolute Gasteiger partial charge is 0.246 e. The molecular weight excluding hydrogens is 400 g/mol. The van der Waals surface area contributed by atoms with Gasteiger partial charge in [0.05, 0.1) is 0 Å². The highest BCUT2D eigenvalue weighted by atomic mass is 79.9. The van der Waals surface area contributed by atoms with Gasteiger partial charge in [-0.1, -0.05) is 35.2 Å². The Morgan fingerprint density at radius 1 is 1.28 bits per heavy atom. The number of hydrogen-bond donors (Lipinski definition) is 2. The first kappa shape index (κ1) is 20.3. The first-order valence-electron chi connectivity index (χ1n) is 8.87. The van der Waals surface area contributed by atoms with E-state index in [0.29, 0.717) is 6.42 Å². The number of carbonyl (C=O) groups excluding carboxylic acids is 2. The molecule has 1 atom stereocenters. The van der Waals surface area contributed by atoms with Gasteiger partial charge in [-0.2, -0.15) is 11.8 Å². The van der Waals surface area contributed by atoms with Crippen molar-refractivity contribution in [1.29, 1.82) is 0 Å². The molecule has 0 spiro atoms. The number of rotatable bonds is 7. The number of hydrogen-bond acceptors (Lipinski definition) is 3. The van der Waals surface area contributed by atoms with Crippen LogP contribution in [-0.2, 0) is 9.59 Å². The van der Waals surface area contributed by atoms with E-state index in [1.807, 2.05) is 31.4 Å². The van der Waals surface area contributed by atoms with Gasteiger partial charge in [-0.15, -0.1) is 0 Å². The molecule has 0 bridgehead atoms. The van der Waals surface area contributed by atoms with Crippen LogP contribution in [0, 0.1) is 12.8 Å². The third-order valence-electron chi connectivity index (χ3n) is 4.65. The number of halogens is 1. The molecule has 2 rings (SSSR count). The number of anilines is 1. The lowest BCUT2D eigenvalue weighted by molar-refractivity contribution is -0.130. The summed E-state index contributed by atoms with van der Waals surface area (Å²) in [4.78, 5) is 25.2. The maximum Gasteiger partial charge on any atom is 0.246 e. The molecule has 1 aromatic rings. The molecule has 0 unspecified atom stereocenters. The van der Waals surface area contributed by atoms with Gasteiger partial charge >= 0.3 is 0 Å². The summed E-state index contributed by atoms with van der Waals surface area (Å²) in [6, 6.07) is 5.23. The Bertz CT molecular complexity index is 603. The van der Waals surface area contributed by atoms with Crippen molar-refractivity contribution in [3.8, 4) is 0 Å². The molecule has 4 nitrogen and oxygen atoms in total. The summed E-state index contributed by atoms with van der Waals surface area (Å²) in [5.41, 5.74) is 1.82. The van der Waals surface area contributed by atoms with Crippen LogP contribution in [0.4, 0.5) is 5.69 Å². The molecule has 2 amide bonds. The summed E-state index contributed by atoms with van der Waals surface area (Å²) in [6.07, 6.45) is 7.96. The van der Waals surface area contributed by atoms with E-state index >= 15 is 0 Å². The van der Waals surface area contributed by atoms with E-state index in [2.05, 4.69) is 26.6 Å². The van der Waals surface area contributed by atoms with Crippen molar-refractivity contribution in [2.75, 3.05) is 17.3 Å². The van der Waals surface area contributed by atoms with Crippen LogP contribution in [0.1, 0.15) is 44.1 Å². The number of carbonyl (C=O) groups is 2. The van der Waals surface area contributed by atoms with E-state index in [-0.39, 0.29) is 17.7 Å². The molecule has 1 aliphatic carbocycles. The summed E-state index contributed by atoms with van der Waals surface area (Å²) >= 11 is 5.15. The van der Waals surface area contributed by atoms with Gasteiger partial charge in [0.2, 0.25) is 11.8 Å².